The van der Waals surface area contributed by atoms with E-state index in [1.165, 1.54) is 24.2 Å². The number of nitrogens with one attached hydrogen (secondary N) is 2. The zero-order valence-corrected chi connectivity index (χ0v) is 9.98. The molecule has 2 aromatic heterocycles. The van der Waals surface area contributed by atoms with Crippen molar-refractivity contribution in [3.8, 4) is 0 Å². The fourth-order valence-corrected chi connectivity index (χ4v) is 1.96. The molecule has 1 aliphatic carbocycles. The number of rotatable bonds is 5. The quantitative estimate of drug-likeness (QED) is 0.815. The van der Waals surface area contributed by atoms with E-state index in [9.17, 15) is 0 Å². The molecule has 0 amide bonds. The predicted molar refractivity (Wildman–Crippen MR) is 64.3 cm³/mol. The van der Waals surface area contributed by atoms with Crippen LogP contribution in [-0.2, 0) is 20.1 Å². The van der Waals surface area contributed by atoms with Gasteiger partial charge in [-0.1, -0.05) is 0 Å². The molecule has 0 atom stereocenters. The molecular formula is C12H17N5. The lowest BCUT2D eigenvalue weighted by Crippen LogP contribution is -2.15. The molecule has 2 aromatic rings. The molecule has 3 rings (SSSR count). The van der Waals surface area contributed by atoms with Crippen LogP contribution in [0.4, 0.5) is 0 Å². The maximum absolute atomic E-state index is 4.33. The Kier molecular flexibility index (Phi) is 2.68. The summed E-state index contributed by atoms with van der Waals surface area (Å²) < 4.78 is 1.88. The van der Waals surface area contributed by atoms with Gasteiger partial charge in [0.25, 0.3) is 0 Å². The van der Waals surface area contributed by atoms with Crippen LogP contribution >= 0.6 is 0 Å². The van der Waals surface area contributed by atoms with Gasteiger partial charge in [-0.3, -0.25) is 9.78 Å². The molecule has 90 valence electrons. The van der Waals surface area contributed by atoms with Gasteiger partial charge in [-0.05, 0) is 25.0 Å². The van der Waals surface area contributed by atoms with Gasteiger partial charge in [0.1, 0.15) is 0 Å². The van der Waals surface area contributed by atoms with Crippen molar-refractivity contribution >= 4 is 0 Å². The number of hydrogen-bond acceptors (Lipinski definition) is 3. The summed E-state index contributed by atoms with van der Waals surface area (Å²) >= 11 is 0. The zero-order chi connectivity index (χ0) is 11.7. The smallest absolute Gasteiger partial charge is 0.0656 e. The van der Waals surface area contributed by atoms with Crippen LogP contribution in [0.3, 0.4) is 0 Å². The Hall–Kier alpha value is -1.62. The Labute approximate surface area is 100 Å². The topological polar surface area (TPSA) is 58.5 Å². The van der Waals surface area contributed by atoms with Crippen LogP contribution in [0.15, 0.2) is 18.3 Å². The second kappa shape index (κ2) is 4.33. The minimum absolute atomic E-state index is 0.720. The highest BCUT2D eigenvalue weighted by atomic mass is 15.3. The number of aryl methyl sites for hydroxylation is 1. The van der Waals surface area contributed by atoms with E-state index < -0.39 is 0 Å². The molecule has 1 saturated carbocycles. The molecule has 5 heteroatoms. The Morgan fingerprint density at radius 3 is 3.06 bits per heavy atom. The van der Waals surface area contributed by atoms with Crippen molar-refractivity contribution in [2.45, 2.75) is 31.8 Å². The average molecular weight is 231 g/mol. The van der Waals surface area contributed by atoms with Crippen molar-refractivity contribution < 1.29 is 0 Å². The molecule has 2 heterocycles. The van der Waals surface area contributed by atoms with Crippen LogP contribution in [0.2, 0.25) is 0 Å². The van der Waals surface area contributed by atoms with Crippen molar-refractivity contribution in [3.63, 3.8) is 0 Å². The normalized spacial score (nSPS) is 15.4. The van der Waals surface area contributed by atoms with Crippen molar-refractivity contribution in [3.05, 3.63) is 35.4 Å². The summed E-state index contributed by atoms with van der Waals surface area (Å²) in [5.74, 6) is 0.720. The molecule has 1 fully saturated rings. The summed E-state index contributed by atoms with van der Waals surface area (Å²) in [6.07, 6.45) is 4.41. The first-order valence-electron chi connectivity index (χ1n) is 6.04. The Bertz CT molecular complexity index is 494. The molecule has 2 N–H and O–H groups in total. The summed E-state index contributed by atoms with van der Waals surface area (Å²) in [5.41, 5.74) is 3.57. The Morgan fingerprint density at radius 2 is 2.35 bits per heavy atom. The van der Waals surface area contributed by atoms with Gasteiger partial charge in [-0.15, -0.1) is 0 Å². The van der Waals surface area contributed by atoms with Gasteiger partial charge in [0.15, 0.2) is 0 Å². The standard InChI is InChI=1S/C12H17N5/c1-17-11(4-5-14-17)8-13-7-10-6-12(16-15-10)9-2-3-9/h4-6,9,13H,2-3,7-8H2,1H3,(H,15,16). The molecule has 0 bridgehead atoms. The fraction of sp³-hybridized carbons (Fsp3) is 0.500. The van der Waals surface area contributed by atoms with Crippen LogP contribution in [0.25, 0.3) is 0 Å². The third-order valence-electron chi connectivity index (χ3n) is 3.19. The van der Waals surface area contributed by atoms with E-state index in [2.05, 4.69) is 26.7 Å². The van der Waals surface area contributed by atoms with Gasteiger partial charge in [0.05, 0.1) is 11.4 Å². The maximum Gasteiger partial charge on any atom is 0.0656 e. The third-order valence-corrected chi connectivity index (χ3v) is 3.19. The van der Waals surface area contributed by atoms with E-state index in [1.807, 2.05) is 24.0 Å². The Balaban J connectivity index is 1.51. The first kappa shape index (κ1) is 10.5. The second-order valence-corrected chi connectivity index (χ2v) is 4.64. The summed E-state index contributed by atoms with van der Waals surface area (Å²) in [7, 11) is 1.96. The SMILES string of the molecule is Cn1nccc1CNCc1cc(C2CC2)n[nH]1. The first-order valence-corrected chi connectivity index (χ1v) is 6.04. The van der Waals surface area contributed by atoms with E-state index in [-0.39, 0.29) is 0 Å². The average Bonchev–Trinajstić information content (AvgIpc) is 2.94. The fourth-order valence-electron chi connectivity index (χ4n) is 1.96. The lowest BCUT2D eigenvalue weighted by molar-refractivity contribution is 0.619. The van der Waals surface area contributed by atoms with Crippen molar-refractivity contribution in [1.82, 2.24) is 25.3 Å². The summed E-state index contributed by atoms with van der Waals surface area (Å²) in [6.45, 7) is 1.65. The molecule has 5 nitrogen and oxygen atoms in total. The lowest BCUT2D eigenvalue weighted by atomic mass is 10.2. The summed E-state index contributed by atoms with van der Waals surface area (Å²) in [4.78, 5) is 0. The molecular weight excluding hydrogens is 214 g/mol. The highest BCUT2D eigenvalue weighted by Crippen LogP contribution is 2.38. The highest BCUT2D eigenvalue weighted by Gasteiger charge is 2.25. The molecule has 0 unspecified atom stereocenters. The number of hydrogen-bond donors (Lipinski definition) is 2. The largest absolute Gasteiger partial charge is 0.306 e. The van der Waals surface area contributed by atoms with Crippen molar-refractivity contribution in [1.29, 1.82) is 0 Å². The molecule has 1 aliphatic rings. The van der Waals surface area contributed by atoms with Crippen LogP contribution < -0.4 is 5.32 Å². The minimum atomic E-state index is 0.720. The van der Waals surface area contributed by atoms with Gasteiger partial charge in [-0.2, -0.15) is 10.2 Å². The monoisotopic (exact) mass is 231 g/mol. The molecule has 17 heavy (non-hydrogen) atoms. The van der Waals surface area contributed by atoms with E-state index in [4.69, 9.17) is 0 Å². The predicted octanol–water partition coefficient (Wildman–Crippen LogP) is 1.31. The molecule has 0 aromatic carbocycles. The van der Waals surface area contributed by atoms with E-state index >= 15 is 0 Å². The molecule has 0 aliphatic heterocycles. The molecule has 0 saturated heterocycles. The van der Waals surface area contributed by atoms with Crippen LogP contribution in [-0.4, -0.2) is 20.0 Å². The highest BCUT2D eigenvalue weighted by molar-refractivity contribution is 5.17. The van der Waals surface area contributed by atoms with Gasteiger partial charge in [-0.25, -0.2) is 0 Å². The third kappa shape index (κ3) is 2.39. The van der Waals surface area contributed by atoms with Crippen molar-refractivity contribution in [2.24, 2.45) is 7.05 Å². The van der Waals surface area contributed by atoms with Gasteiger partial charge in [0.2, 0.25) is 0 Å². The van der Waals surface area contributed by atoms with Gasteiger partial charge in [0, 0.05) is 37.9 Å². The number of aromatic amines is 1. The second-order valence-electron chi connectivity index (χ2n) is 4.64. The first-order chi connectivity index (χ1) is 8.33. The van der Waals surface area contributed by atoms with Crippen molar-refractivity contribution in [2.75, 3.05) is 0 Å². The summed E-state index contributed by atoms with van der Waals surface area (Å²) in [6, 6.07) is 4.20. The van der Waals surface area contributed by atoms with E-state index in [1.54, 1.807) is 0 Å². The van der Waals surface area contributed by atoms with Crippen LogP contribution in [0.1, 0.15) is 35.8 Å². The Morgan fingerprint density at radius 1 is 1.47 bits per heavy atom. The zero-order valence-electron chi connectivity index (χ0n) is 9.98. The van der Waals surface area contributed by atoms with E-state index in [0.29, 0.717) is 0 Å². The van der Waals surface area contributed by atoms with Gasteiger partial charge < -0.3 is 5.32 Å². The molecule has 0 spiro atoms. The maximum atomic E-state index is 4.33. The number of H-pyrrole nitrogens is 1. The van der Waals surface area contributed by atoms with Crippen LogP contribution in [0, 0.1) is 0 Å². The van der Waals surface area contributed by atoms with Gasteiger partial charge >= 0.3 is 0 Å². The number of aromatic nitrogens is 4. The molecule has 0 radical (unpaired) electrons. The summed E-state index contributed by atoms with van der Waals surface area (Å²) in [5, 5.41) is 14.9. The number of nitrogens with zero attached hydrogens (tertiary/aromatic N) is 3. The van der Waals surface area contributed by atoms with E-state index in [0.717, 1.165) is 24.7 Å². The van der Waals surface area contributed by atoms with Crippen LogP contribution in [0.5, 0.6) is 0 Å². The minimum Gasteiger partial charge on any atom is -0.306 e. The lowest BCUT2D eigenvalue weighted by Gasteiger charge is -2.03.